The molecule has 0 fully saturated rings. The molecule has 0 heterocycles. The van der Waals surface area contributed by atoms with Crippen LogP contribution in [0.2, 0.25) is 0 Å². The highest BCUT2D eigenvalue weighted by atomic mass is 19.1. The van der Waals surface area contributed by atoms with E-state index in [1.807, 2.05) is 30.3 Å². The summed E-state index contributed by atoms with van der Waals surface area (Å²) in [5.74, 6) is -1.98. The van der Waals surface area contributed by atoms with Gasteiger partial charge in [0, 0.05) is 11.6 Å². The number of ether oxygens (including phenoxy) is 2. The summed E-state index contributed by atoms with van der Waals surface area (Å²) < 4.78 is 25.8. The topological polar surface area (TPSA) is 72.8 Å². The highest BCUT2D eigenvalue weighted by Gasteiger charge is 2.38. The number of alkyl halides is 1. The number of aliphatic carboxylic acids is 1. The molecular weight excluding hydrogens is 399 g/mol. The molecular formula is C25H21FO5. The number of methoxy groups -OCH3 is 1. The number of esters is 1. The molecule has 3 aromatic carbocycles. The molecule has 0 aromatic heterocycles. The smallest absolute Gasteiger partial charge is 0.353 e. The maximum atomic E-state index is 15.4. The SMILES string of the molecule is COc1cc(C=CC(=O)O)ccc1OC(=O)C(C)(F)c1ccc(-c2ccccc2)cc1. The molecule has 3 rings (SSSR count). The fraction of sp³-hybridized carbons (Fsp3) is 0.120. The third kappa shape index (κ3) is 5.17. The predicted molar refractivity (Wildman–Crippen MR) is 116 cm³/mol. The van der Waals surface area contributed by atoms with Crippen LogP contribution >= 0.6 is 0 Å². The minimum Gasteiger partial charge on any atom is -0.493 e. The molecule has 3 aromatic rings. The molecule has 158 valence electrons. The van der Waals surface area contributed by atoms with E-state index in [1.165, 1.54) is 31.4 Å². The number of benzene rings is 3. The van der Waals surface area contributed by atoms with E-state index in [-0.39, 0.29) is 17.1 Å². The predicted octanol–water partition coefficient (Wildman–Crippen LogP) is 5.25. The highest BCUT2D eigenvalue weighted by molar-refractivity contribution is 5.86. The van der Waals surface area contributed by atoms with E-state index >= 15 is 4.39 Å². The number of rotatable bonds is 7. The van der Waals surface area contributed by atoms with Crippen molar-refractivity contribution in [1.29, 1.82) is 0 Å². The quantitative estimate of drug-likeness (QED) is 0.321. The number of carboxylic acids is 1. The second-order valence-electron chi connectivity index (χ2n) is 6.92. The van der Waals surface area contributed by atoms with E-state index in [4.69, 9.17) is 14.6 Å². The van der Waals surface area contributed by atoms with Crippen molar-refractivity contribution in [2.45, 2.75) is 12.6 Å². The molecule has 0 saturated heterocycles. The molecule has 0 aliphatic carbocycles. The minimum absolute atomic E-state index is 0.0322. The van der Waals surface area contributed by atoms with Crippen LogP contribution in [0.3, 0.4) is 0 Å². The van der Waals surface area contributed by atoms with Gasteiger partial charge in [0.15, 0.2) is 11.5 Å². The average molecular weight is 420 g/mol. The van der Waals surface area contributed by atoms with E-state index in [0.717, 1.165) is 24.1 Å². The molecule has 1 atom stereocenters. The van der Waals surface area contributed by atoms with Crippen molar-refractivity contribution in [3.63, 3.8) is 0 Å². The fourth-order valence-electron chi connectivity index (χ4n) is 2.96. The van der Waals surface area contributed by atoms with Gasteiger partial charge in [0.25, 0.3) is 0 Å². The Hall–Kier alpha value is -3.93. The molecule has 6 heteroatoms. The van der Waals surface area contributed by atoms with Gasteiger partial charge in [-0.3, -0.25) is 0 Å². The van der Waals surface area contributed by atoms with E-state index in [0.29, 0.717) is 5.56 Å². The second kappa shape index (κ2) is 9.26. The molecule has 0 aliphatic heterocycles. The van der Waals surface area contributed by atoms with Gasteiger partial charge in [-0.2, -0.15) is 0 Å². The van der Waals surface area contributed by atoms with Gasteiger partial charge in [-0.05, 0) is 41.8 Å². The molecule has 1 unspecified atom stereocenters. The summed E-state index contributed by atoms with van der Waals surface area (Å²) in [6.45, 7) is 1.14. The molecule has 0 aliphatic rings. The van der Waals surface area contributed by atoms with Crippen molar-refractivity contribution in [1.82, 2.24) is 0 Å². The van der Waals surface area contributed by atoms with Gasteiger partial charge >= 0.3 is 11.9 Å². The first kappa shape index (κ1) is 21.8. The number of carbonyl (C=O) groups excluding carboxylic acids is 1. The molecule has 31 heavy (non-hydrogen) atoms. The zero-order valence-electron chi connectivity index (χ0n) is 17.0. The number of carbonyl (C=O) groups is 2. The lowest BCUT2D eigenvalue weighted by Gasteiger charge is -2.20. The lowest BCUT2D eigenvalue weighted by atomic mass is 9.95. The summed E-state index contributed by atoms with van der Waals surface area (Å²) in [5, 5.41) is 8.73. The van der Waals surface area contributed by atoms with E-state index in [9.17, 15) is 9.59 Å². The zero-order valence-corrected chi connectivity index (χ0v) is 17.0. The van der Waals surface area contributed by atoms with E-state index in [2.05, 4.69) is 0 Å². The Balaban J connectivity index is 1.79. The van der Waals surface area contributed by atoms with Crippen molar-refractivity contribution in [3.05, 3.63) is 90.0 Å². The average Bonchev–Trinajstić information content (AvgIpc) is 2.78. The molecule has 0 radical (unpaired) electrons. The van der Waals surface area contributed by atoms with Crippen LogP contribution < -0.4 is 9.47 Å². The molecule has 1 N–H and O–H groups in total. The van der Waals surface area contributed by atoms with Crippen LogP contribution in [0, 0.1) is 0 Å². The lowest BCUT2D eigenvalue weighted by molar-refractivity contribution is -0.147. The Labute approximate surface area is 179 Å². The van der Waals surface area contributed by atoms with E-state index < -0.39 is 17.6 Å². The van der Waals surface area contributed by atoms with Crippen LogP contribution in [0.5, 0.6) is 11.5 Å². The summed E-state index contributed by atoms with van der Waals surface area (Å²) in [7, 11) is 1.37. The number of carboxylic acid groups (broad SMARTS) is 1. The third-order valence-corrected chi connectivity index (χ3v) is 4.73. The van der Waals surface area contributed by atoms with Crippen LogP contribution in [0.1, 0.15) is 18.1 Å². The summed E-state index contributed by atoms with van der Waals surface area (Å²) in [5.41, 5.74) is 0.192. The van der Waals surface area contributed by atoms with Gasteiger partial charge < -0.3 is 14.6 Å². The summed E-state index contributed by atoms with van der Waals surface area (Å²) in [6.07, 6.45) is 2.34. The Bertz CT molecular complexity index is 1100. The molecule has 5 nitrogen and oxygen atoms in total. The maximum Gasteiger partial charge on any atom is 0.353 e. The fourth-order valence-corrected chi connectivity index (χ4v) is 2.96. The largest absolute Gasteiger partial charge is 0.493 e. The first-order valence-electron chi connectivity index (χ1n) is 9.47. The molecule has 0 saturated carbocycles. The Kier molecular flexibility index (Phi) is 6.50. The molecule has 0 spiro atoms. The summed E-state index contributed by atoms with van der Waals surface area (Å²) in [4.78, 5) is 23.3. The maximum absolute atomic E-state index is 15.4. The van der Waals surface area contributed by atoms with Gasteiger partial charge in [-0.15, -0.1) is 0 Å². The van der Waals surface area contributed by atoms with Gasteiger partial charge in [0.2, 0.25) is 5.67 Å². The third-order valence-electron chi connectivity index (χ3n) is 4.73. The zero-order chi connectivity index (χ0) is 22.4. The van der Waals surface area contributed by atoms with Gasteiger partial charge in [0.05, 0.1) is 7.11 Å². The Morgan fingerprint density at radius 2 is 1.58 bits per heavy atom. The molecule has 0 bridgehead atoms. The van der Waals surface area contributed by atoms with Crippen LogP contribution in [0.25, 0.3) is 17.2 Å². The minimum atomic E-state index is -2.39. The van der Waals surface area contributed by atoms with Crippen molar-refractivity contribution < 1.29 is 28.6 Å². The highest BCUT2D eigenvalue weighted by Crippen LogP contribution is 2.34. The normalized spacial score (nSPS) is 12.9. The van der Waals surface area contributed by atoms with Crippen LogP contribution in [0.4, 0.5) is 4.39 Å². The van der Waals surface area contributed by atoms with Crippen molar-refractivity contribution in [3.8, 4) is 22.6 Å². The first-order chi connectivity index (χ1) is 14.8. The van der Waals surface area contributed by atoms with Crippen molar-refractivity contribution >= 4 is 18.0 Å². The number of hydrogen-bond donors (Lipinski definition) is 1. The Morgan fingerprint density at radius 1 is 0.935 bits per heavy atom. The monoisotopic (exact) mass is 420 g/mol. The molecule has 0 amide bonds. The Morgan fingerprint density at radius 3 is 2.19 bits per heavy atom. The van der Waals surface area contributed by atoms with Crippen molar-refractivity contribution in [2.75, 3.05) is 7.11 Å². The summed E-state index contributed by atoms with van der Waals surface area (Å²) >= 11 is 0. The standard InChI is InChI=1S/C25H21FO5/c1-25(26,20-12-10-19(11-13-20)18-6-4-3-5-7-18)24(29)31-21-14-8-17(9-15-23(27)28)16-22(21)30-2/h3-16H,1-2H3,(H,27,28). The van der Waals surface area contributed by atoms with Crippen molar-refractivity contribution in [2.24, 2.45) is 0 Å². The summed E-state index contributed by atoms with van der Waals surface area (Å²) in [6, 6.07) is 20.7. The number of halogens is 1. The van der Waals surface area contributed by atoms with E-state index in [1.54, 1.807) is 24.3 Å². The van der Waals surface area contributed by atoms with Gasteiger partial charge in [-0.1, -0.05) is 60.7 Å². The van der Waals surface area contributed by atoms with Crippen LogP contribution in [-0.2, 0) is 15.3 Å². The number of hydrogen-bond acceptors (Lipinski definition) is 4. The van der Waals surface area contributed by atoms with Gasteiger partial charge in [0.1, 0.15) is 0 Å². The van der Waals surface area contributed by atoms with Crippen LogP contribution in [-0.4, -0.2) is 24.2 Å². The second-order valence-corrected chi connectivity index (χ2v) is 6.92. The van der Waals surface area contributed by atoms with Gasteiger partial charge in [-0.25, -0.2) is 14.0 Å². The van der Waals surface area contributed by atoms with Crippen LogP contribution in [0.15, 0.2) is 78.9 Å². The first-order valence-corrected chi connectivity index (χ1v) is 9.47. The lowest BCUT2D eigenvalue weighted by Crippen LogP contribution is -2.32.